The van der Waals surface area contributed by atoms with Gasteiger partial charge < -0.3 is 20.1 Å². The normalized spacial score (nSPS) is 10.3. The average molecular weight is 289 g/mol. The topological polar surface area (TPSA) is 81.2 Å². The highest BCUT2D eigenvalue weighted by Crippen LogP contribution is 2.30. The average Bonchev–Trinajstić information content (AvgIpc) is 2.47. The summed E-state index contributed by atoms with van der Waals surface area (Å²) >= 11 is 0. The molecule has 7 heteroatoms. The number of ether oxygens (including phenoxy) is 2. The quantitative estimate of drug-likeness (QED) is 0.845. The van der Waals surface area contributed by atoms with Crippen LogP contribution < -0.4 is 20.1 Å². The highest BCUT2D eigenvalue weighted by molar-refractivity contribution is 5.65. The third-order valence-electron chi connectivity index (χ3n) is 2.65. The van der Waals surface area contributed by atoms with Crippen LogP contribution in [0.25, 0.3) is 0 Å². The van der Waals surface area contributed by atoms with Gasteiger partial charge in [-0.25, -0.2) is 0 Å². The van der Waals surface area contributed by atoms with Gasteiger partial charge in [-0.15, -0.1) is 5.10 Å². The van der Waals surface area contributed by atoms with Gasteiger partial charge in [-0.05, 0) is 26.0 Å². The summed E-state index contributed by atoms with van der Waals surface area (Å²) in [5.74, 6) is 2.42. The zero-order chi connectivity index (χ0) is 15.2. The summed E-state index contributed by atoms with van der Waals surface area (Å²) in [6.07, 6.45) is 1.58. The summed E-state index contributed by atoms with van der Waals surface area (Å²) in [7, 11) is 3.21. The molecule has 0 atom stereocenters. The van der Waals surface area contributed by atoms with E-state index in [1.54, 1.807) is 20.4 Å². The Morgan fingerprint density at radius 1 is 1.14 bits per heavy atom. The number of nitrogens with zero attached hydrogens (tertiary/aromatic N) is 3. The molecule has 0 saturated heterocycles. The van der Waals surface area contributed by atoms with Gasteiger partial charge in [0.15, 0.2) is 5.82 Å². The van der Waals surface area contributed by atoms with Crippen molar-refractivity contribution in [3.05, 3.63) is 24.4 Å². The van der Waals surface area contributed by atoms with Crippen molar-refractivity contribution in [3.63, 3.8) is 0 Å². The van der Waals surface area contributed by atoms with E-state index in [1.807, 2.05) is 32.0 Å². The van der Waals surface area contributed by atoms with E-state index in [0.29, 0.717) is 29.0 Å². The molecule has 0 unspecified atom stereocenters. The molecule has 2 aromatic rings. The minimum Gasteiger partial charge on any atom is -0.497 e. The maximum absolute atomic E-state index is 5.30. The van der Waals surface area contributed by atoms with Crippen LogP contribution >= 0.6 is 0 Å². The lowest BCUT2D eigenvalue weighted by atomic mass is 10.2. The Morgan fingerprint density at radius 3 is 2.62 bits per heavy atom. The number of anilines is 3. The Kier molecular flexibility index (Phi) is 4.76. The van der Waals surface area contributed by atoms with E-state index >= 15 is 0 Å². The van der Waals surface area contributed by atoms with E-state index in [2.05, 4.69) is 25.8 Å². The third-order valence-corrected chi connectivity index (χ3v) is 2.65. The fourth-order valence-corrected chi connectivity index (χ4v) is 1.75. The standard InChI is InChI=1S/C14H19N5O2/c1-9(2)16-13-8-15-19-14(18-13)17-11-7-10(20-3)5-6-12(11)21-4/h5-9H,1-4H3,(H2,16,17,18,19). The lowest BCUT2D eigenvalue weighted by Gasteiger charge is -2.12. The van der Waals surface area contributed by atoms with Crippen LogP contribution in [0.3, 0.4) is 0 Å². The van der Waals surface area contributed by atoms with Crippen molar-refractivity contribution in [3.8, 4) is 11.5 Å². The van der Waals surface area contributed by atoms with Gasteiger partial charge in [-0.3, -0.25) is 0 Å². The molecule has 21 heavy (non-hydrogen) atoms. The Labute approximate surface area is 123 Å². The second-order valence-corrected chi connectivity index (χ2v) is 4.66. The first kappa shape index (κ1) is 14.8. The number of hydrogen-bond acceptors (Lipinski definition) is 7. The molecule has 112 valence electrons. The number of nitrogens with one attached hydrogen (secondary N) is 2. The molecule has 1 aromatic heterocycles. The molecule has 2 N–H and O–H groups in total. The smallest absolute Gasteiger partial charge is 0.249 e. The summed E-state index contributed by atoms with van der Waals surface area (Å²) in [6, 6.07) is 5.70. The highest BCUT2D eigenvalue weighted by Gasteiger charge is 2.08. The van der Waals surface area contributed by atoms with Crippen LogP contribution in [0.15, 0.2) is 24.4 Å². The van der Waals surface area contributed by atoms with Crippen molar-refractivity contribution in [2.75, 3.05) is 24.9 Å². The van der Waals surface area contributed by atoms with Crippen LogP contribution in [0.5, 0.6) is 11.5 Å². The number of benzene rings is 1. The van der Waals surface area contributed by atoms with Crippen molar-refractivity contribution in [2.24, 2.45) is 0 Å². The van der Waals surface area contributed by atoms with Gasteiger partial charge >= 0.3 is 0 Å². The molecule has 0 bridgehead atoms. The molecule has 0 aliphatic carbocycles. The summed E-state index contributed by atoms with van der Waals surface area (Å²) in [5.41, 5.74) is 0.709. The van der Waals surface area contributed by atoms with E-state index in [4.69, 9.17) is 9.47 Å². The maximum Gasteiger partial charge on any atom is 0.249 e. The van der Waals surface area contributed by atoms with Crippen LogP contribution in [0.4, 0.5) is 17.5 Å². The van der Waals surface area contributed by atoms with Gasteiger partial charge in [0.1, 0.15) is 11.5 Å². The number of hydrogen-bond donors (Lipinski definition) is 2. The van der Waals surface area contributed by atoms with Crippen LogP contribution in [-0.2, 0) is 0 Å². The van der Waals surface area contributed by atoms with Gasteiger partial charge in [0.25, 0.3) is 0 Å². The van der Waals surface area contributed by atoms with Gasteiger partial charge in [-0.1, -0.05) is 0 Å². The first-order valence-corrected chi connectivity index (χ1v) is 6.57. The summed E-state index contributed by atoms with van der Waals surface area (Å²) in [4.78, 5) is 4.35. The van der Waals surface area contributed by atoms with E-state index in [0.717, 1.165) is 0 Å². The molecule has 0 aliphatic heterocycles. The summed E-state index contributed by atoms with van der Waals surface area (Å²) in [5, 5.41) is 14.1. The molecule has 0 fully saturated rings. The van der Waals surface area contributed by atoms with E-state index in [9.17, 15) is 0 Å². The Balaban J connectivity index is 2.24. The molecular formula is C14H19N5O2. The summed E-state index contributed by atoms with van der Waals surface area (Å²) in [6.45, 7) is 4.06. The first-order chi connectivity index (χ1) is 10.1. The Hall–Kier alpha value is -2.57. The second-order valence-electron chi connectivity index (χ2n) is 4.66. The van der Waals surface area contributed by atoms with E-state index < -0.39 is 0 Å². The molecule has 0 amide bonds. The second kappa shape index (κ2) is 6.74. The first-order valence-electron chi connectivity index (χ1n) is 6.57. The van der Waals surface area contributed by atoms with Crippen LogP contribution in [0, 0.1) is 0 Å². The van der Waals surface area contributed by atoms with Crippen molar-refractivity contribution >= 4 is 17.5 Å². The largest absolute Gasteiger partial charge is 0.497 e. The fourth-order valence-electron chi connectivity index (χ4n) is 1.75. The lowest BCUT2D eigenvalue weighted by Crippen LogP contribution is -2.12. The highest BCUT2D eigenvalue weighted by atomic mass is 16.5. The van der Waals surface area contributed by atoms with Crippen LogP contribution in [0.2, 0.25) is 0 Å². The molecule has 7 nitrogen and oxygen atoms in total. The Morgan fingerprint density at radius 2 is 1.95 bits per heavy atom. The minimum absolute atomic E-state index is 0.265. The van der Waals surface area contributed by atoms with E-state index in [1.165, 1.54) is 0 Å². The predicted molar refractivity (Wildman–Crippen MR) is 81.4 cm³/mol. The Bertz CT molecular complexity index is 604. The zero-order valence-corrected chi connectivity index (χ0v) is 12.5. The molecule has 0 saturated carbocycles. The van der Waals surface area contributed by atoms with Crippen LogP contribution in [-0.4, -0.2) is 35.4 Å². The molecule has 1 heterocycles. The molecule has 0 radical (unpaired) electrons. The van der Waals surface area contributed by atoms with Crippen LogP contribution in [0.1, 0.15) is 13.8 Å². The third kappa shape index (κ3) is 3.95. The lowest BCUT2D eigenvalue weighted by molar-refractivity contribution is 0.405. The minimum atomic E-state index is 0.265. The van der Waals surface area contributed by atoms with Gasteiger partial charge in [0, 0.05) is 12.1 Å². The van der Waals surface area contributed by atoms with Crippen molar-refractivity contribution in [2.45, 2.75) is 19.9 Å². The maximum atomic E-state index is 5.30. The van der Waals surface area contributed by atoms with Crippen molar-refractivity contribution in [1.29, 1.82) is 0 Å². The van der Waals surface area contributed by atoms with E-state index in [-0.39, 0.29) is 6.04 Å². The molecular weight excluding hydrogens is 270 g/mol. The van der Waals surface area contributed by atoms with Crippen molar-refractivity contribution < 1.29 is 9.47 Å². The molecule has 2 rings (SSSR count). The number of methoxy groups -OCH3 is 2. The summed E-state index contributed by atoms with van der Waals surface area (Å²) < 4.78 is 10.5. The molecule has 1 aromatic carbocycles. The van der Waals surface area contributed by atoms with Gasteiger partial charge in [0.05, 0.1) is 26.1 Å². The zero-order valence-electron chi connectivity index (χ0n) is 12.5. The number of aromatic nitrogens is 3. The van der Waals surface area contributed by atoms with Gasteiger partial charge in [0.2, 0.25) is 5.95 Å². The predicted octanol–water partition coefficient (Wildman–Crippen LogP) is 2.45. The monoisotopic (exact) mass is 289 g/mol. The number of rotatable bonds is 6. The van der Waals surface area contributed by atoms with Gasteiger partial charge in [-0.2, -0.15) is 10.1 Å². The molecule has 0 spiro atoms. The molecule has 0 aliphatic rings. The van der Waals surface area contributed by atoms with Crippen molar-refractivity contribution in [1.82, 2.24) is 15.2 Å². The SMILES string of the molecule is COc1ccc(OC)c(Nc2nncc(NC(C)C)n2)c1. The fraction of sp³-hybridized carbons (Fsp3) is 0.357.